The van der Waals surface area contributed by atoms with E-state index in [1.165, 1.54) is 0 Å². The highest BCUT2D eigenvalue weighted by Gasteiger charge is 2.30. The molecule has 2 N–H and O–H groups in total. The monoisotopic (exact) mass is 572 g/mol. The highest BCUT2D eigenvalue weighted by Crippen LogP contribution is 2.31. The van der Waals surface area contributed by atoms with Crippen LogP contribution in [0.15, 0.2) is 53.7 Å². The molecule has 198 valence electrons. The average Bonchev–Trinajstić information content (AvgIpc) is 3.53. The number of amides is 3. The number of piperidine rings is 1. The summed E-state index contributed by atoms with van der Waals surface area (Å²) in [5.41, 5.74) is 2.13. The topological polar surface area (TPSA) is 126 Å². The average molecular weight is 573 g/mol. The van der Waals surface area contributed by atoms with Crippen LogP contribution in [0.2, 0.25) is 5.02 Å². The fraction of sp³-hybridized carbons (Fsp3) is 0.280. The maximum absolute atomic E-state index is 13.2. The number of urea groups is 1. The van der Waals surface area contributed by atoms with Crippen LogP contribution in [0.25, 0.3) is 15.9 Å². The fourth-order valence-corrected chi connectivity index (χ4v) is 7.45. The maximum Gasteiger partial charge on any atom is 0.327 e. The number of nitrogens with zero attached hydrogens (tertiary/aromatic N) is 4. The third-order valence-corrected chi connectivity index (χ3v) is 10.0. The normalized spacial score (nSPS) is 15.0. The first-order chi connectivity index (χ1) is 18.1. The second kappa shape index (κ2) is 10.4. The second-order valence-electron chi connectivity index (χ2n) is 9.17. The Labute approximate surface area is 228 Å². The van der Waals surface area contributed by atoms with Gasteiger partial charge in [0.1, 0.15) is 0 Å². The molecule has 0 spiro atoms. The van der Waals surface area contributed by atoms with Crippen LogP contribution in [-0.4, -0.2) is 65.4 Å². The largest absolute Gasteiger partial charge is 0.327 e. The molecule has 1 aliphatic heterocycles. The second-order valence-corrected chi connectivity index (χ2v) is 12.8. The molecule has 0 aliphatic carbocycles. The number of carbonyl (C=O) groups excluding carboxylic acids is 2. The Hall–Kier alpha value is -3.32. The minimum atomic E-state index is -3.48. The number of carbonyl (C=O) groups is 2. The number of hydrogen-bond acceptors (Lipinski definition) is 8. The summed E-state index contributed by atoms with van der Waals surface area (Å²) in [5, 5.41) is 9.01. The molecule has 0 atom stereocenters. The highest BCUT2D eigenvalue weighted by molar-refractivity contribution is 7.92. The summed E-state index contributed by atoms with van der Waals surface area (Å²) in [6.07, 6.45) is 4.54. The van der Waals surface area contributed by atoms with Crippen molar-refractivity contribution in [2.45, 2.75) is 29.9 Å². The minimum Gasteiger partial charge on any atom is -0.306 e. The Bertz CT molecular complexity index is 1630. The molecule has 2 aromatic heterocycles. The molecule has 3 heterocycles. The van der Waals surface area contributed by atoms with E-state index in [1.807, 2.05) is 14.0 Å². The summed E-state index contributed by atoms with van der Waals surface area (Å²) < 4.78 is 28.5. The number of aromatic nitrogens is 3. The molecule has 38 heavy (non-hydrogen) atoms. The zero-order valence-corrected chi connectivity index (χ0v) is 23.0. The van der Waals surface area contributed by atoms with E-state index in [-0.39, 0.29) is 20.6 Å². The van der Waals surface area contributed by atoms with E-state index in [0.717, 1.165) is 30.0 Å². The molecular weight excluding hydrogens is 548 g/mol. The first-order valence-electron chi connectivity index (χ1n) is 11.9. The molecule has 0 bridgehead atoms. The van der Waals surface area contributed by atoms with E-state index in [1.54, 1.807) is 53.5 Å². The van der Waals surface area contributed by atoms with Crippen LogP contribution in [0.1, 0.15) is 28.8 Å². The number of likely N-dealkylation sites (tertiary alicyclic amines) is 1. The zero-order chi connectivity index (χ0) is 27.0. The molecule has 10 nitrogen and oxygen atoms in total. The number of rotatable bonds is 5. The number of benzene rings is 2. The predicted octanol–water partition coefficient (Wildman–Crippen LogP) is 4.27. The molecular formula is C25H25ClN6O4S2. The van der Waals surface area contributed by atoms with Gasteiger partial charge in [0.2, 0.25) is 0 Å². The first-order valence-corrected chi connectivity index (χ1v) is 14.6. The Kier molecular flexibility index (Phi) is 7.23. The summed E-state index contributed by atoms with van der Waals surface area (Å²) in [4.78, 5) is 32.1. The SMILES string of the molecule is Cc1cc(Cl)c(C(=O)NC(=O)Nc2nc3ccc(S(=O)(=O)C4CCN(C)CC4)cc3s2)cc1-n1cccn1. The lowest BCUT2D eigenvalue weighted by Gasteiger charge is -2.28. The van der Waals surface area contributed by atoms with Crippen LogP contribution in [0.4, 0.5) is 9.93 Å². The van der Waals surface area contributed by atoms with Gasteiger partial charge in [-0.1, -0.05) is 22.9 Å². The van der Waals surface area contributed by atoms with Gasteiger partial charge in [-0.25, -0.2) is 22.9 Å². The summed E-state index contributed by atoms with van der Waals surface area (Å²) in [7, 11) is -1.49. The van der Waals surface area contributed by atoms with Gasteiger partial charge in [-0.3, -0.25) is 15.4 Å². The van der Waals surface area contributed by atoms with Crippen molar-refractivity contribution in [3.05, 3.63) is 64.9 Å². The van der Waals surface area contributed by atoms with Gasteiger partial charge < -0.3 is 4.90 Å². The van der Waals surface area contributed by atoms with Crippen LogP contribution >= 0.6 is 22.9 Å². The molecule has 1 saturated heterocycles. The molecule has 0 radical (unpaired) electrons. The van der Waals surface area contributed by atoms with Gasteiger partial charge in [0.05, 0.1) is 36.6 Å². The van der Waals surface area contributed by atoms with Crippen molar-refractivity contribution in [3.63, 3.8) is 0 Å². The van der Waals surface area contributed by atoms with Gasteiger partial charge in [0.25, 0.3) is 5.91 Å². The molecule has 0 saturated carbocycles. The Morgan fingerprint density at radius 3 is 2.63 bits per heavy atom. The number of thiazole rings is 1. The Balaban J connectivity index is 1.30. The fourth-order valence-electron chi connectivity index (χ4n) is 4.42. The van der Waals surface area contributed by atoms with E-state index in [2.05, 4.69) is 25.6 Å². The van der Waals surface area contributed by atoms with Crippen LogP contribution in [-0.2, 0) is 9.84 Å². The quantitative estimate of drug-likeness (QED) is 0.365. The minimum absolute atomic E-state index is 0.117. The van der Waals surface area contributed by atoms with Crippen molar-refractivity contribution in [1.29, 1.82) is 0 Å². The first kappa shape index (κ1) is 26.3. The van der Waals surface area contributed by atoms with E-state index >= 15 is 0 Å². The number of nitrogens with one attached hydrogen (secondary N) is 2. The van der Waals surface area contributed by atoms with Crippen molar-refractivity contribution in [1.82, 2.24) is 25.0 Å². The van der Waals surface area contributed by atoms with Crippen molar-refractivity contribution < 1.29 is 18.0 Å². The van der Waals surface area contributed by atoms with Crippen LogP contribution < -0.4 is 10.6 Å². The third-order valence-electron chi connectivity index (χ3n) is 6.52. The van der Waals surface area contributed by atoms with Crippen LogP contribution in [0.3, 0.4) is 0 Å². The molecule has 2 aromatic carbocycles. The van der Waals surface area contributed by atoms with Gasteiger partial charge in [0.15, 0.2) is 15.0 Å². The maximum atomic E-state index is 13.2. The third kappa shape index (κ3) is 5.30. The Morgan fingerprint density at radius 2 is 1.92 bits per heavy atom. The van der Waals surface area contributed by atoms with Gasteiger partial charge in [-0.2, -0.15) is 5.10 Å². The van der Waals surface area contributed by atoms with E-state index < -0.39 is 27.0 Å². The number of anilines is 1. The standard InChI is InChI=1S/C25H25ClN6O4S2/c1-15-12-19(26)18(14-21(15)32-9-3-8-27-32)23(33)29-24(34)30-25-28-20-5-4-17(13-22(20)37-25)38(35,36)16-6-10-31(2)11-7-16/h3-5,8-9,12-14,16H,6-7,10-11H2,1-2H3,(H2,28,29,30,33,34). The van der Waals surface area contributed by atoms with Crippen molar-refractivity contribution in [2.75, 3.05) is 25.5 Å². The van der Waals surface area contributed by atoms with Crippen LogP contribution in [0, 0.1) is 6.92 Å². The molecule has 5 rings (SSSR count). The molecule has 4 aromatic rings. The van der Waals surface area contributed by atoms with Gasteiger partial charge >= 0.3 is 6.03 Å². The van der Waals surface area contributed by atoms with E-state index in [9.17, 15) is 18.0 Å². The molecule has 0 unspecified atom stereocenters. The summed E-state index contributed by atoms with van der Waals surface area (Å²) in [6.45, 7) is 3.33. The summed E-state index contributed by atoms with van der Waals surface area (Å²) >= 11 is 7.41. The predicted molar refractivity (Wildman–Crippen MR) is 147 cm³/mol. The van der Waals surface area contributed by atoms with Gasteiger partial charge in [-0.05, 0) is 81.9 Å². The van der Waals surface area contributed by atoms with Crippen molar-refractivity contribution >= 4 is 60.1 Å². The lowest BCUT2D eigenvalue weighted by molar-refractivity contribution is 0.0967. The zero-order valence-electron chi connectivity index (χ0n) is 20.6. The van der Waals surface area contributed by atoms with Gasteiger partial charge in [-0.15, -0.1) is 0 Å². The summed E-state index contributed by atoms with van der Waals surface area (Å²) in [5.74, 6) is -0.687. The molecule has 1 fully saturated rings. The number of fused-ring (bicyclic) bond motifs is 1. The number of aryl methyl sites for hydroxylation is 1. The molecule has 1 aliphatic rings. The molecule has 3 amide bonds. The number of imide groups is 1. The van der Waals surface area contributed by atoms with Crippen LogP contribution in [0.5, 0.6) is 0 Å². The van der Waals surface area contributed by atoms with E-state index in [0.29, 0.717) is 28.7 Å². The van der Waals surface area contributed by atoms with Crippen molar-refractivity contribution in [2.24, 2.45) is 0 Å². The van der Waals surface area contributed by atoms with Crippen molar-refractivity contribution in [3.8, 4) is 5.69 Å². The lowest BCUT2D eigenvalue weighted by Crippen LogP contribution is -2.37. The Morgan fingerprint density at radius 1 is 1.16 bits per heavy atom. The number of halogens is 1. The molecule has 13 heteroatoms. The smallest absolute Gasteiger partial charge is 0.306 e. The summed E-state index contributed by atoms with van der Waals surface area (Å²) in [6, 6.07) is 8.95. The highest BCUT2D eigenvalue weighted by atomic mass is 35.5. The lowest BCUT2D eigenvalue weighted by atomic mass is 10.1. The number of hydrogen-bond donors (Lipinski definition) is 2. The van der Waals surface area contributed by atoms with Gasteiger partial charge in [0, 0.05) is 12.4 Å². The number of sulfone groups is 1. The van der Waals surface area contributed by atoms with E-state index in [4.69, 9.17) is 11.6 Å².